The van der Waals surface area contributed by atoms with Gasteiger partial charge in [0.05, 0.1) is 12.6 Å². The molecule has 0 bridgehead atoms. The van der Waals surface area contributed by atoms with E-state index in [2.05, 4.69) is 5.32 Å². The molecule has 4 nitrogen and oxygen atoms in total. The maximum absolute atomic E-state index is 11.7. The fourth-order valence-corrected chi connectivity index (χ4v) is 1.49. The number of benzene rings is 1. The van der Waals surface area contributed by atoms with Crippen LogP contribution in [-0.2, 0) is 4.79 Å². The number of ether oxygens (including phenoxy) is 1. The van der Waals surface area contributed by atoms with Crippen LogP contribution in [-0.4, -0.2) is 25.1 Å². The highest BCUT2D eigenvalue weighted by molar-refractivity contribution is 5.82. The van der Waals surface area contributed by atoms with Crippen LogP contribution in [0.4, 0.5) is 0 Å². The van der Waals surface area contributed by atoms with Crippen molar-refractivity contribution in [2.45, 2.75) is 33.2 Å². The van der Waals surface area contributed by atoms with Crippen molar-refractivity contribution in [3.05, 3.63) is 30.3 Å². The predicted octanol–water partition coefficient (Wildman–Crippen LogP) is 1.95. The highest BCUT2D eigenvalue weighted by Gasteiger charge is 2.26. The molecule has 0 aliphatic carbocycles. The molecule has 0 aliphatic heterocycles. The maximum Gasteiger partial charge on any atom is 0.237 e. The van der Waals surface area contributed by atoms with Gasteiger partial charge in [0, 0.05) is 6.54 Å². The van der Waals surface area contributed by atoms with Gasteiger partial charge in [0.2, 0.25) is 5.91 Å². The normalized spacial score (nSPS) is 12.8. The summed E-state index contributed by atoms with van der Waals surface area (Å²) in [7, 11) is 0. The van der Waals surface area contributed by atoms with Gasteiger partial charge in [-0.05, 0) is 24.0 Å². The summed E-state index contributed by atoms with van der Waals surface area (Å²) in [5, 5.41) is 2.83. The number of carbonyl (C=O) groups is 1. The van der Waals surface area contributed by atoms with Crippen LogP contribution in [0, 0.1) is 5.41 Å². The summed E-state index contributed by atoms with van der Waals surface area (Å²) in [6, 6.07) is 9.14. The zero-order chi connectivity index (χ0) is 14.3. The average Bonchev–Trinajstić information content (AvgIpc) is 2.37. The van der Waals surface area contributed by atoms with Crippen molar-refractivity contribution in [2.24, 2.45) is 11.1 Å². The Labute approximate surface area is 115 Å². The number of nitrogens with one attached hydrogen (secondary N) is 1. The van der Waals surface area contributed by atoms with E-state index in [0.717, 1.165) is 12.2 Å². The third-order valence-corrected chi connectivity index (χ3v) is 2.85. The van der Waals surface area contributed by atoms with E-state index in [1.54, 1.807) is 0 Å². The second-order valence-electron chi connectivity index (χ2n) is 5.65. The van der Waals surface area contributed by atoms with Crippen molar-refractivity contribution in [2.75, 3.05) is 13.2 Å². The molecule has 0 aliphatic rings. The number of rotatable bonds is 6. The predicted molar refractivity (Wildman–Crippen MR) is 77.0 cm³/mol. The summed E-state index contributed by atoms with van der Waals surface area (Å²) in [6.07, 6.45) is 0.761. The second-order valence-corrected chi connectivity index (χ2v) is 5.65. The minimum atomic E-state index is -0.484. The van der Waals surface area contributed by atoms with E-state index in [0.29, 0.717) is 13.2 Å². The smallest absolute Gasteiger partial charge is 0.237 e. The van der Waals surface area contributed by atoms with Gasteiger partial charge in [0.15, 0.2) is 0 Å². The van der Waals surface area contributed by atoms with Gasteiger partial charge in [-0.15, -0.1) is 0 Å². The molecule has 0 radical (unpaired) electrons. The summed E-state index contributed by atoms with van der Waals surface area (Å²) >= 11 is 0. The monoisotopic (exact) mass is 264 g/mol. The fraction of sp³-hybridized carbons (Fsp3) is 0.533. The first-order valence-electron chi connectivity index (χ1n) is 6.62. The van der Waals surface area contributed by atoms with Crippen LogP contribution in [0.25, 0.3) is 0 Å². The van der Waals surface area contributed by atoms with Crippen molar-refractivity contribution < 1.29 is 9.53 Å². The molecule has 1 rings (SSSR count). The minimum absolute atomic E-state index is 0.104. The van der Waals surface area contributed by atoms with E-state index in [9.17, 15) is 4.79 Å². The second kappa shape index (κ2) is 7.14. The lowest BCUT2D eigenvalue weighted by Gasteiger charge is -2.25. The van der Waals surface area contributed by atoms with Crippen molar-refractivity contribution in [3.63, 3.8) is 0 Å². The molecule has 4 heteroatoms. The van der Waals surface area contributed by atoms with Crippen LogP contribution >= 0.6 is 0 Å². The lowest BCUT2D eigenvalue weighted by Crippen LogP contribution is -2.48. The van der Waals surface area contributed by atoms with Gasteiger partial charge in [-0.3, -0.25) is 4.79 Å². The molecule has 0 saturated heterocycles. The number of amides is 1. The van der Waals surface area contributed by atoms with E-state index < -0.39 is 6.04 Å². The largest absolute Gasteiger partial charge is 0.494 e. The molecule has 0 spiro atoms. The van der Waals surface area contributed by atoms with Crippen LogP contribution in [0.1, 0.15) is 27.2 Å². The first kappa shape index (κ1) is 15.5. The number of carbonyl (C=O) groups excluding carboxylic acids is 1. The molecule has 106 valence electrons. The molecule has 0 saturated carbocycles. The Morgan fingerprint density at radius 2 is 1.95 bits per heavy atom. The first-order chi connectivity index (χ1) is 8.91. The van der Waals surface area contributed by atoms with Gasteiger partial charge in [0.25, 0.3) is 0 Å². The highest BCUT2D eigenvalue weighted by atomic mass is 16.5. The van der Waals surface area contributed by atoms with E-state index in [1.807, 2.05) is 51.1 Å². The minimum Gasteiger partial charge on any atom is -0.494 e. The third-order valence-electron chi connectivity index (χ3n) is 2.85. The zero-order valence-electron chi connectivity index (χ0n) is 12.0. The Balaban J connectivity index is 2.16. The van der Waals surface area contributed by atoms with Crippen molar-refractivity contribution in [3.8, 4) is 5.75 Å². The summed E-state index contributed by atoms with van der Waals surface area (Å²) in [5.74, 6) is 0.743. The lowest BCUT2D eigenvalue weighted by atomic mass is 9.87. The third kappa shape index (κ3) is 5.75. The molecule has 0 unspecified atom stereocenters. The van der Waals surface area contributed by atoms with Crippen molar-refractivity contribution in [1.29, 1.82) is 0 Å². The van der Waals surface area contributed by atoms with Crippen LogP contribution in [0.2, 0.25) is 0 Å². The number of hydrogen-bond donors (Lipinski definition) is 2. The lowest BCUT2D eigenvalue weighted by molar-refractivity contribution is -0.124. The van der Waals surface area contributed by atoms with E-state index >= 15 is 0 Å². The van der Waals surface area contributed by atoms with E-state index in [-0.39, 0.29) is 11.3 Å². The molecule has 1 amide bonds. The molecule has 19 heavy (non-hydrogen) atoms. The van der Waals surface area contributed by atoms with Gasteiger partial charge in [-0.2, -0.15) is 0 Å². The van der Waals surface area contributed by atoms with E-state index in [1.165, 1.54) is 0 Å². The molecule has 3 N–H and O–H groups in total. The number of para-hydroxylation sites is 1. The Morgan fingerprint density at radius 1 is 1.32 bits per heavy atom. The zero-order valence-corrected chi connectivity index (χ0v) is 12.0. The topological polar surface area (TPSA) is 64.4 Å². The van der Waals surface area contributed by atoms with Crippen molar-refractivity contribution in [1.82, 2.24) is 5.32 Å². The number of hydrogen-bond acceptors (Lipinski definition) is 3. The molecule has 0 heterocycles. The molecular weight excluding hydrogens is 240 g/mol. The molecule has 1 atom stereocenters. The van der Waals surface area contributed by atoms with Gasteiger partial charge in [-0.1, -0.05) is 39.0 Å². The fourth-order valence-electron chi connectivity index (χ4n) is 1.49. The van der Waals surface area contributed by atoms with Crippen molar-refractivity contribution >= 4 is 5.91 Å². The van der Waals surface area contributed by atoms with Crippen LogP contribution in [0.5, 0.6) is 5.75 Å². The highest BCUT2D eigenvalue weighted by Crippen LogP contribution is 2.17. The molecule has 0 fully saturated rings. The molecule has 1 aromatic rings. The van der Waals surface area contributed by atoms with Crippen LogP contribution in [0.3, 0.4) is 0 Å². The Hall–Kier alpha value is -1.55. The quantitative estimate of drug-likeness (QED) is 0.772. The number of nitrogens with two attached hydrogens (primary N) is 1. The Kier molecular flexibility index (Phi) is 5.83. The summed E-state index contributed by atoms with van der Waals surface area (Å²) in [5.41, 5.74) is 5.64. The Bertz CT molecular complexity index is 385. The van der Waals surface area contributed by atoms with Gasteiger partial charge >= 0.3 is 0 Å². The Morgan fingerprint density at radius 3 is 2.53 bits per heavy atom. The van der Waals surface area contributed by atoms with Crippen LogP contribution < -0.4 is 15.8 Å². The summed E-state index contributed by atoms with van der Waals surface area (Å²) < 4.78 is 5.53. The van der Waals surface area contributed by atoms with Gasteiger partial charge < -0.3 is 15.8 Å². The first-order valence-corrected chi connectivity index (χ1v) is 6.62. The van der Waals surface area contributed by atoms with Gasteiger partial charge in [-0.25, -0.2) is 0 Å². The molecule has 0 aromatic heterocycles. The summed E-state index contributed by atoms with van der Waals surface area (Å²) in [6.45, 7) is 7.02. The maximum atomic E-state index is 11.7. The SMILES string of the molecule is CC(C)(C)[C@H](N)C(=O)NCCCOc1ccccc1. The van der Waals surface area contributed by atoms with Gasteiger partial charge in [0.1, 0.15) is 5.75 Å². The standard InChI is InChI=1S/C15H24N2O2/c1-15(2,3)13(16)14(18)17-10-7-11-19-12-8-5-4-6-9-12/h4-6,8-9,13H,7,10-11,16H2,1-3H3,(H,17,18)/t13-/m1/s1. The average molecular weight is 264 g/mol. The summed E-state index contributed by atoms with van der Waals surface area (Å²) in [4.78, 5) is 11.7. The molecule has 1 aromatic carbocycles. The molecular formula is C15H24N2O2. The van der Waals surface area contributed by atoms with E-state index in [4.69, 9.17) is 10.5 Å². The van der Waals surface area contributed by atoms with Crippen LogP contribution in [0.15, 0.2) is 30.3 Å².